The van der Waals surface area contributed by atoms with Crippen LogP contribution in [0.1, 0.15) is 24.2 Å². The van der Waals surface area contributed by atoms with Crippen LogP contribution in [0.25, 0.3) is 0 Å². The molecular formula is C13H17IN2O2S. The van der Waals surface area contributed by atoms with Gasteiger partial charge >= 0.3 is 0 Å². The molecule has 0 fully saturated rings. The van der Waals surface area contributed by atoms with Crippen molar-refractivity contribution in [2.75, 3.05) is 20.2 Å². The van der Waals surface area contributed by atoms with Gasteiger partial charge in [-0.05, 0) is 66.9 Å². The number of halogens is 1. The maximum absolute atomic E-state index is 12.1. The van der Waals surface area contributed by atoms with Crippen LogP contribution in [-0.2, 0) is 0 Å². The van der Waals surface area contributed by atoms with Crippen LogP contribution < -0.4 is 10.1 Å². The number of carbonyl (C=O) groups excluding carboxylic acids is 1. The van der Waals surface area contributed by atoms with E-state index in [0.717, 1.165) is 22.4 Å². The summed E-state index contributed by atoms with van der Waals surface area (Å²) in [5.41, 5.74) is 0.569. The van der Waals surface area contributed by atoms with Crippen molar-refractivity contribution in [2.45, 2.75) is 13.8 Å². The molecular weight excluding hydrogens is 375 g/mol. The average Bonchev–Trinajstić information content (AvgIpc) is 2.39. The highest BCUT2D eigenvalue weighted by atomic mass is 127. The summed E-state index contributed by atoms with van der Waals surface area (Å²) in [6, 6.07) is 5.28. The normalized spacial score (nSPS) is 9.89. The molecule has 0 atom stereocenters. The van der Waals surface area contributed by atoms with E-state index in [-0.39, 0.29) is 5.91 Å². The van der Waals surface area contributed by atoms with E-state index in [9.17, 15) is 4.79 Å². The van der Waals surface area contributed by atoms with Crippen molar-refractivity contribution >= 4 is 45.8 Å². The monoisotopic (exact) mass is 392 g/mol. The number of thiocarbonyl (C=S) groups is 1. The van der Waals surface area contributed by atoms with Crippen LogP contribution >= 0.6 is 34.8 Å². The van der Waals surface area contributed by atoms with Crippen molar-refractivity contribution in [3.05, 3.63) is 27.3 Å². The van der Waals surface area contributed by atoms with Gasteiger partial charge in [0.25, 0.3) is 5.91 Å². The maximum Gasteiger partial charge on any atom is 0.257 e. The summed E-state index contributed by atoms with van der Waals surface area (Å²) in [5, 5.41) is 3.20. The number of carbonyl (C=O) groups is 1. The Morgan fingerprint density at radius 1 is 1.42 bits per heavy atom. The minimum atomic E-state index is -0.197. The summed E-state index contributed by atoms with van der Waals surface area (Å²) in [5.74, 6) is 0.556. The summed E-state index contributed by atoms with van der Waals surface area (Å²) in [7, 11) is 1.60. The molecule has 0 aromatic heterocycles. The van der Waals surface area contributed by atoms with Crippen molar-refractivity contribution in [3.63, 3.8) is 0 Å². The highest BCUT2D eigenvalue weighted by Gasteiger charge is 2.12. The Balaban J connectivity index is 2.78. The molecule has 0 aliphatic rings. The fraction of sp³-hybridized carbons (Fsp3) is 0.385. The molecule has 0 unspecified atom stereocenters. The molecule has 0 saturated heterocycles. The number of amides is 1. The lowest BCUT2D eigenvalue weighted by atomic mass is 10.2. The second-order valence-corrected chi connectivity index (χ2v) is 5.33. The first-order valence-corrected chi connectivity index (χ1v) is 7.45. The molecule has 0 bridgehead atoms. The maximum atomic E-state index is 12.1. The summed E-state index contributed by atoms with van der Waals surface area (Å²) in [4.78, 5) is 14.0. The fourth-order valence-electron chi connectivity index (χ4n) is 1.57. The molecule has 0 spiro atoms. The molecule has 0 aliphatic heterocycles. The van der Waals surface area contributed by atoms with Gasteiger partial charge in [0, 0.05) is 18.7 Å². The predicted molar refractivity (Wildman–Crippen MR) is 88.7 cm³/mol. The van der Waals surface area contributed by atoms with Crippen LogP contribution in [0, 0.1) is 3.57 Å². The minimum Gasteiger partial charge on any atom is -0.496 e. The third-order valence-electron chi connectivity index (χ3n) is 2.69. The van der Waals surface area contributed by atoms with E-state index in [1.807, 2.05) is 18.7 Å². The van der Waals surface area contributed by atoms with E-state index in [4.69, 9.17) is 17.0 Å². The van der Waals surface area contributed by atoms with Gasteiger partial charge in [0.15, 0.2) is 5.11 Å². The SMILES string of the molecule is CCN(CC)C(=S)NC(=O)c1ccc(OC)c(I)c1. The van der Waals surface area contributed by atoms with Gasteiger partial charge in [-0.2, -0.15) is 0 Å². The number of hydrogen-bond donors (Lipinski definition) is 1. The Morgan fingerprint density at radius 2 is 2.05 bits per heavy atom. The molecule has 0 radical (unpaired) electrons. The van der Waals surface area contributed by atoms with Gasteiger partial charge in [-0.3, -0.25) is 10.1 Å². The van der Waals surface area contributed by atoms with Gasteiger partial charge in [-0.25, -0.2) is 0 Å². The molecule has 0 heterocycles. The fourth-order valence-corrected chi connectivity index (χ4v) is 2.65. The zero-order valence-electron chi connectivity index (χ0n) is 11.2. The molecule has 1 rings (SSSR count). The summed E-state index contributed by atoms with van der Waals surface area (Å²) >= 11 is 7.33. The lowest BCUT2D eigenvalue weighted by molar-refractivity contribution is 0.0973. The number of benzene rings is 1. The van der Waals surface area contributed by atoms with Crippen molar-refractivity contribution in [2.24, 2.45) is 0 Å². The third kappa shape index (κ3) is 4.31. The van der Waals surface area contributed by atoms with Gasteiger partial charge in [0.05, 0.1) is 10.7 Å². The first kappa shape index (κ1) is 16.2. The number of methoxy groups -OCH3 is 1. The first-order valence-electron chi connectivity index (χ1n) is 5.97. The van der Waals surface area contributed by atoms with Gasteiger partial charge in [0.2, 0.25) is 0 Å². The summed E-state index contributed by atoms with van der Waals surface area (Å²) < 4.78 is 6.05. The average molecular weight is 392 g/mol. The first-order chi connectivity index (χ1) is 9.03. The Morgan fingerprint density at radius 3 is 2.53 bits per heavy atom. The van der Waals surface area contributed by atoms with E-state index >= 15 is 0 Å². The smallest absolute Gasteiger partial charge is 0.257 e. The Hall–Kier alpha value is -0.890. The topological polar surface area (TPSA) is 41.6 Å². The third-order valence-corrected chi connectivity index (χ3v) is 3.89. The number of rotatable bonds is 4. The van der Waals surface area contributed by atoms with E-state index < -0.39 is 0 Å². The second-order valence-electron chi connectivity index (χ2n) is 3.78. The molecule has 19 heavy (non-hydrogen) atoms. The second kappa shape index (κ2) is 7.64. The van der Waals surface area contributed by atoms with Gasteiger partial charge < -0.3 is 9.64 Å². The number of ether oxygens (including phenoxy) is 1. The molecule has 0 aliphatic carbocycles. The number of nitrogens with zero attached hydrogens (tertiary/aromatic N) is 1. The van der Waals surface area contributed by atoms with Crippen molar-refractivity contribution in [3.8, 4) is 5.75 Å². The molecule has 1 N–H and O–H groups in total. The largest absolute Gasteiger partial charge is 0.496 e. The molecule has 0 saturated carbocycles. The van der Waals surface area contributed by atoms with Gasteiger partial charge in [0.1, 0.15) is 5.75 Å². The number of nitrogens with one attached hydrogen (secondary N) is 1. The Bertz CT molecular complexity index is 476. The Kier molecular flexibility index (Phi) is 6.50. The summed E-state index contributed by atoms with van der Waals surface area (Å²) in [6.45, 7) is 5.54. The molecule has 6 heteroatoms. The van der Waals surface area contributed by atoms with E-state index in [1.54, 1.807) is 25.3 Å². The molecule has 1 aromatic carbocycles. The van der Waals surface area contributed by atoms with Crippen LogP contribution in [-0.4, -0.2) is 36.1 Å². The van der Waals surface area contributed by atoms with Crippen molar-refractivity contribution in [1.29, 1.82) is 0 Å². The lowest BCUT2D eigenvalue weighted by Gasteiger charge is -2.21. The van der Waals surface area contributed by atoms with E-state index in [0.29, 0.717) is 10.7 Å². The molecule has 4 nitrogen and oxygen atoms in total. The van der Waals surface area contributed by atoms with Crippen LogP contribution in [0.3, 0.4) is 0 Å². The molecule has 1 amide bonds. The lowest BCUT2D eigenvalue weighted by Crippen LogP contribution is -2.42. The molecule has 104 valence electrons. The van der Waals surface area contributed by atoms with E-state index in [2.05, 4.69) is 27.9 Å². The Labute approximate surface area is 132 Å². The van der Waals surface area contributed by atoms with E-state index in [1.165, 1.54) is 0 Å². The minimum absolute atomic E-state index is 0.197. The molecule has 1 aromatic rings. The van der Waals surface area contributed by atoms with Crippen LogP contribution in [0.4, 0.5) is 0 Å². The predicted octanol–water partition coefficient (Wildman–Crippen LogP) is 2.66. The number of hydrogen-bond acceptors (Lipinski definition) is 3. The van der Waals surface area contributed by atoms with Crippen LogP contribution in [0.15, 0.2) is 18.2 Å². The van der Waals surface area contributed by atoms with Crippen LogP contribution in [0.5, 0.6) is 5.75 Å². The zero-order chi connectivity index (χ0) is 14.4. The standard InChI is InChI=1S/C13H17IN2O2S/c1-4-16(5-2)13(19)15-12(17)9-6-7-11(18-3)10(14)8-9/h6-8H,4-5H2,1-3H3,(H,15,17,19). The van der Waals surface area contributed by atoms with Gasteiger partial charge in [-0.1, -0.05) is 0 Å². The zero-order valence-corrected chi connectivity index (χ0v) is 14.2. The van der Waals surface area contributed by atoms with Crippen molar-refractivity contribution < 1.29 is 9.53 Å². The van der Waals surface area contributed by atoms with Gasteiger partial charge in [-0.15, -0.1) is 0 Å². The highest BCUT2D eigenvalue weighted by molar-refractivity contribution is 14.1. The highest BCUT2D eigenvalue weighted by Crippen LogP contribution is 2.21. The quantitative estimate of drug-likeness (QED) is 0.632. The van der Waals surface area contributed by atoms with Crippen LogP contribution in [0.2, 0.25) is 0 Å². The van der Waals surface area contributed by atoms with Crippen molar-refractivity contribution in [1.82, 2.24) is 10.2 Å². The summed E-state index contributed by atoms with van der Waals surface area (Å²) in [6.07, 6.45) is 0.